The quantitative estimate of drug-likeness (QED) is 0.742. The van der Waals surface area contributed by atoms with Gasteiger partial charge in [0.15, 0.2) is 0 Å². The molecule has 2 heteroatoms. The van der Waals surface area contributed by atoms with Crippen LogP contribution in [0.25, 0.3) is 0 Å². The average Bonchev–Trinajstić information content (AvgIpc) is 2.67. The van der Waals surface area contributed by atoms with Gasteiger partial charge in [-0.2, -0.15) is 0 Å². The topological polar surface area (TPSA) is 12.0 Å². The van der Waals surface area contributed by atoms with Crippen LogP contribution < -0.4 is 5.32 Å². The largest absolute Gasteiger partial charge is 0.316 e. The Morgan fingerprint density at radius 1 is 1.10 bits per heavy atom. The third kappa shape index (κ3) is 5.43. The maximum Gasteiger partial charge on any atom is 0.126 e. The van der Waals surface area contributed by atoms with Crippen molar-refractivity contribution < 1.29 is 4.39 Å². The summed E-state index contributed by atoms with van der Waals surface area (Å²) in [6.45, 7) is 6.67. The van der Waals surface area contributed by atoms with Crippen LogP contribution in [0.3, 0.4) is 0 Å². The first-order valence-corrected chi connectivity index (χ1v) is 8.61. The minimum atomic E-state index is -0.0318. The van der Waals surface area contributed by atoms with Gasteiger partial charge in [-0.1, -0.05) is 51.3 Å². The zero-order chi connectivity index (χ0) is 15.1. The Morgan fingerprint density at radius 3 is 2.52 bits per heavy atom. The first kappa shape index (κ1) is 16.5. The highest BCUT2D eigenvalue weighted by atomic mass is 19.1. The molecule has 2 atom stereocenters. The first-order chi connectivity index (χ1) is 10.2. The lowest BCUT2D eigenvalue weighted by Gasteiger charge is -2.26. The smallest absolute Gasteiger partial charge is 0.126 e. The number of halogens is 1. The van der Waals surface area contributed by atoms with Gasteiger partial charge < -0.3 is 5.32 Å². The lowest BCUT2D eigenvalue weighted by Crippen LogP contribution is -2.31. The van der Waals surface area contributed by atoms with E-state index in [0.717, 1.165) is 25.1 Å². The van der Waals surface area contributed by atoms with Crippen molar-refractivity contribution in [1.82, 2.24) is 5.32 Å². The molecule has 0 heterocycles. The molecule has 0 amide bonds. The lowest BCUT2D eigenvalue weighted by atomic mass is 9.83. The van der Waals surface area contributed by atoms with Gasteiger partial charge in [-0.15, -0.1) is 0 Å². The zero-order valence-electron chi connectivity index (χ0n) is 13.6. The SMILES string of the molecule is CC(C)CNCC1CCCCCC1Cc1ccccc1F. The van der Waals surface area contributed by atoms with Crippen LogP contribution in [0.4, 0.5) is 4.39 Å². The fraction of sp³-hybridized carbons (Fsp3) is 0.684. The van der Waals surface area contributed by atoms with Crippen molar-refractivity contribution in [2.45, 2.75) is 52.4 Å². The Bertz CT molecular complexity index is 416. The van der Waals surface area contributed by atoms with Crippen molar-refractivity contribution in [1.29, 1.82) is 0 Å². The molecule has 0 spiro atoms. The molecule has 0 aromatic heterocycles. The van der Waals surface area contributed by atoms with E-state index in [0.29, 0.717) is 17.8 Å². The van der Waals surface area contributed by atoms with E-state index in [9.17, 15) is 4.39 Å². The molecule has 0 radical (unpaired) electrons. The van der Waals surface area contributed by atoms with E-state index >= 15 is 0 Å². The molecule has 0 saturated heterocycles. The van der Waals surface area contributed by atoms with Gasteiger partial charge in [0.05, 0.1) is 0 Å². The molecule has 2 unspecified atom stereocenters. The molecule has 1 saturated carbocycles. The summed E-state index contributed by atoms with van der Waals surface area (Å²) >= 11 is 0. The average molecular weight is 291 g/mol. The highest BCUT2D eigenvalue weighted by Crippen LogP contribution is 2.31. The molecule has 21 heavy (non-hydrogen) atoms. The van der Waals surface area contributed by atoms with Crippen LogP contribution in [0, 0.1) is 23.6 Å². The standard InChI is InChI=1S/C19H30FN/c1-15(2)13-21-14-18-10-5-3-4-8-16(18)12-17-9-6-7-11-19(17)20/h6-7,9,11,15-16,18,21H,3-5,8,10,12-14H2,1-2H3. The molecule has 1 aliphatic carbocycles. The van der Waals surface area contributed by atoms with Gasteiger partial charge in [-0.25, -0.2) is 4.39 Å². The predicted octanol–water partition coefficient (Wildman–Crippen LogP) is 4.81. The minimum absolute atomic E-state index is 0.0318. The van der Waals surface area contributed by atoms with Crippen LogP contribution >= 0.6 is 0 Å². The first-order valence-electron chi connectivity index (χ1n) is 8.61. The summed E-state index contributed by atoms with van der Waals surface area (Å²) in [7, 11) is 0. The van der Waals surface area contributed by atoms with Crippen molar-refractivity contribution in [3.63, 3.8) is 0 Å². The van der Waals surface area contributed by atoms with Gasteiger partial charge in [0.1, 0.15) is 5.82 Å². The molecule has 0 aliphatic heterocycles. The Balaban J connectivity index is 1.96. The third-order valence-electron chi connectivity index (χ3n) is 4.72. The molecule has 0 bridgehead atoms. The molecular weight excluding hydrogens is 261 g/mol. The van der Waals surface area contributed by atoms with Crippen LogP contribution in [-0.4, -0.2) is 13.1 Å². The molecule has 1 aliphatic rings. The monoisotopic (exact) mass is 291 g/mol. The number of hydrogen-bond donors (Lipinski definition) is 1. The summed E-state index contributed by atoms with van der Waals surface area (Å²) in [6, 6.07) is 7.30. The summed E-state index contributed by atoms with van der Waals surface area (Å²) in [6.07, 6.45) is 7.43. The summed E-state index contributed by atoms with van der Waals surface area (Å²) in [4.78, 5) is 0. The maximum atomic E-state index is 13.9. The van der Waals surface area contributed by atoms with Gasteiger partial charge in [-0.3, -0.25) is 0 Å². The lowest BCUT2D eigenvalue weighted by molar-refractivity contribution is 0.291. The van der Waals surface area contributed by atoms with E-state index < -0.39 is 0 Å². The zero-order valence-corrected chi connectivity index (χ0v) is 13.6. The second-order valence-electron chi connectivity index (χ2n) is 7.01. The van der Waals surface area contributed by atoms with Gasteiger partial charge in [0.2, 0.25) is 0 Å². The second kappa shape index (κ2) is 8.53. The van der Waals surface area contributed by atoms with Crippen LogP contribution in [0.15, 0.2) is 24.3 Å². The number of benzene rings is 1. The maximum absolute atomic E-state index is 13.9. The molecule has 1 N–H and O–H groups in total. The van der Waals surface area contributed by atoms with Crippen LogP contribution in [-0.2, 0) is 6.42 Å². The minimum Gasteiger partial charge on any atom is -0.316 e. The van der Waals surface area contributed by atoms with E-state index in [1.54, 1.807) is 12.1 Å². The van der Waals surface area contributed by atoms with Crippen molar-refractivity contribution in [2.75, 3.05) is 13.1 Å². The third-order valence-corrected chi connectivity index (χ3v) is 4.72. The number of hydrogen-bond acceptors (Lipinski definition) is 1. The fourth-order valence-corrected chi connectivity index (χ4v) is 3.50. The van der Waals surface area contributed by atoms with E-state index in [2.05, 4.69) is 19.2 Å². The van der Waals surface area contributed by atoms with Crippen LogP contribution in [0.1, 0.15) is 51.5 Å². The Morgan fingerprint density at radius 2 is 1.81 bits per heavy atom. The molecule has 1 nitrogen and oxygen atoms in total. The molecule has 2 rings (SSSR count). The van der Waals surface area contributed by atoms with E-state index in [4.69, 9.17) is 0 Å². The predicted molar refractivity (Wildman–Crippen MR) is 87.9 cm³/mol. The number of rotatable bonds is 6. The van der Waals surface area contributed by atoms with Gasteiger partial charge >= 0.3 is 0 Å². The molecule has 1 fully saturated rings. The summed E-state index contributed by atoms with van der Waals surface area (Å²) in [5.74, 6) is 1.99. The van der Waals surface area contributed by atoms with Crippen LogP contribution in [0.2, 0.25) is 0 Å². The van der Waals surface area contributed by atoms with E-state index in [1.165, 1.54) is 32.1 Å². The van der Waals surface area contributed by atoms with Gasteiger partial charge in [0.25, 0.3) is 0 Å². The second-order valence-corrected chi connectivity index (χ2v) is 7.01. The highest BCUT2D eigenvalue weighted by molar-refractivity contribution is 5.18. The van der Waals surface area contributed by atoms with E-state index in [-0.39, 0.29) is 5.82 Å². The Hall–Kier alpha value is -0.890. The summed E-state index contributed by atoms with van der Waals surface area (Å²) < 4.78 is 13.9. The molecular formula is C19H30FN. The molecule has 1 aromatic carbocycles. The summed E-state index contributed by atoms with van der Waals surface area (Å²) in [5.41, 5.74) is 0.901. The van der Waals surface area contributed by atoms with Crippen molar-refractivity contribution in [3.05, 3.63) is 35.6 Å². The fourth-order valence-electron chi connectivity index (χ4n) is 3.50. The van der Waals surface area contributed by atoms with Crippen LogP contribution in [0.5, 0.6) is 0 Å². The van der Waals surface area contributed by atoms with Crippen molar-refractivity contribution >= 4 is 0 Å². The van der Waals surface area contributed by atoms with E-state index in [1.807, 2.05) is 12.1 Å². The molecule has 118 valence electrons. The molecule has 1 aromatic rings. The Labute approximate surface area is 129 Å². The number of nitrogens with one attached hydrogen (secondary N) is 1. The van der Waals surface area contributed by atoms with Crippen molar-refractivity contribution in [2.24, 2.45) is 17.8 Å². The van der Waals surface area contributed by atoms with Crippen molar-refractivity contribution in [3.8, 4) is 0 Å². The normalized spacial score (nSPS) is 23.2. The highest BCUT2D eigenvalue weighted by Gasteiger charge is 2.24. The summed E-state index contributed by atoms with van der Waals surface area (Å²) in [5, 5.41) is 3.62. The van der Waals surface area contributed by atoms with Gasteiger partial charge in [0, 0.05) is 0 Å². The Kier molecular flexibility index (Phi) is 6.69. The van der Waals surface area contributed by atoms with Gasteiger partial charge in [-0.05, 0) is 61.7 Å².